The Morgan fingerprint density at radius 1 is 1.11 bits per heavy atom. The van der Waals surface area contributed by atoms with Gasteiger partial charge in [0.2, 0.25) is 5.91 Å². The van der Waals surface area contributed by atoms with Crippen LogP contribution < -0.4 is 32.6 Å². The maximum absolute atomic E-state index is 13.0. The van der Waals surface area contributed by atoms with Crippen LogP contribution in [0.15, 0.2) is 71.5 Å². The second kappa shape index (κ2) is 10.9. The maximum atomic E-state index is 13.0. The van der Waals surface area contributed by atoms with Crippen LogP contribution in [-0.2, 0) is 11.3 Å². The summed E-state index contributed by atoms with van der Waals surface area (Å²) < 4.78 is 1.45. The van der Waals surface area contributed by atoms with Crippen molar-refractivity contribution in [3.8, 4) is 11.3 Å². The summed E-state index contributed by atoms with van der Waals surface area (Å²) in [4.78, 5) is 42.5. The minimum absolute atomic E-state index is 0.183. The van der Waals surface area contributed by atoms with Gasteiger partial charge in [0.1, 0.15) is 0 Å². The van der Waals surface area contributed by atoms with E-state index in [1.54, 1.807) is 42.6 Å². The van der Waals surface area contributed by atoms with Gasteiger partial charge in [0.15, 0.2) is 0 Å². The summed E-state index contributed by atoms with van der Waals surface area (Å²) in [6.45, 7) is 6.00. The minimum atomic E-state index is -0.610. The fraction of sp³-hybridized carbons (Fsp3) is 0.231. The first-order valence-corrected chi connectivity index (χ1v) is 12.0. The van der Waals surface area contributed by atoms with E-state index in [0.717, 1.165) is 11.3 Å². The zero-order valence-electron chi connectivity index (χ0n) is 20.7. The number of carbonyl (C=O) groups is 2. The van der Waals surface area contributed by atoms with Crippen LogP contribution in [0, 0.1) is 5.41 Å². The molecule has 37 heavy (non-hydrogen) atoms. The van der Waals surface area contributed by atoms with E-state index in [1.807, 2.05) is 26.8 Å². The van der Waals surface area contributed by atoms with Gasteiger partial charge in [-0.05, 0) is 35.9 Å². The number of amides is 2. The van der Waals surface area contributed by atoms with Crippen LogP contribution in [0.1, 0.15) is 36.7 Å². The number of carbonyl (C=O) groups excluding carboxylic acids is 2. The van der Waals surface area contributed by atoms with Gasteiger partial charge >= 0.3 is 0 Å². The fourth-order valence-corrected chi connectivity index (χ4v) is 3.67. The minimum Gasteiger partial charge on any atom is -0.346 e. The number of hydrogen-bond acceptors (Lipinski definition) is 7. The van der Waals surface area contributed by atoms with Gasteiger partial charge in [0, 0.05) is 33.8 Å². The van der Waals surface area contributed by atoms with Crippen LogP contribution >= 0.6 is 11.6 Å². The van der Waals surface area contributed by atoms with Gasteiger partial charge in [-0.15, -0.1) is 0 Å². The molecule has 0 unspecified atom stereocenters. The largest absolute Gasteiger partial charge is 0.346 e. The van der Waals surface area contributed by atoms with E-state index in [2.05, 4.69) is 32.0 Å². The summed E-state index contributed by atoms with van der Waals surface area (Å²) in [5, 5.41) is 6.17. The van der Waals surface area contributed by atoms with Crippen molar-refractivity contribution in [2.24, 2.45) is 5.41 Å². The molecule has 0 fully saturated rings. The topological polar surface area (TPSA) is 129 Å². The highest BCUT2D eigenvalue weighted by Gasteiger charge is 2.23. The molecular formula is C26H28ClN7O3. The quantitative estimate of drug-likeness (QED) is 0.323. The van der Waals surface area contributed by atoms with Crippen molar-refractivity contribution in [3.63, 3.8) is 0 Å². The predicted molar refractivity (Wildman–Crippen MR) is 142 cm³/mol. The highest BCUT2D eigenvalue weighted by Crippen LogP contribution is 2.30. The molecule has 1 aliphatic heterocycles. The fourth-order valence-electron chi connectivity index (χ4n) is 3.50. The average molecular weight is 522 g/mol. The van der Waals surface area contributed by atoms with Crippen molar-refractivity contribution in [1.29, 1.82) is 0 Å². The molecule has 2 heterocycles. The van der Waals surface area contributed by atoms with Crippen LogP contribution in [0.3, 0.4) is 0 Å². The SMILES string of the molecule is CC(C)(C)C(=O)Nc1cc(Cl)ccc1-c1cc(=O)n(Cc2cccc(C(=O)NCC3=CNNN3)c2)cn1. The Labute approximate surface area is 219 Å². The molecule has 192 valence electrons. The first kappa shape index (κ1) is 25.9. The molecule has 0 atom stereocenters. The molecule has 0 saturated carbocycles. The van der Waals surface area contributed by atoms with E-state index in [1.165, 1.54) is 17.0 Å². The van der Waals surface area contributed by atoms with Crippen LogP contribution in [0.2, 0.25) is 5.02 Å². The molecule has 0 saturated heterocycles. The summed E-state index contributed by atoms with van der Waals surface area (Å²) in [6, 6.07) is 13.5. The lowest BCUT2D eigenvalue weighted by atomic mass is 9.95. The van der Waals surface area contributed by atoms with Crippen molar-refractivity contribution in [2.45, 2.75) is 27.3 Å². The molecule has 0 spiro atoms. The Morgan fingerprint density at radius 2 is 1.92 bits per heavy atom. The van der Waals surface area contributed by atoms with Gasteiger partial charge in [0.05, 0.1) is 36.5 Å². The van der Waals surface area contributed by atoms with Gasteiger partial charge < -0.3 is 21.5 Å². The van der Waals surface area contributed by atoms with Gasteiger partial charge in [0.25, 0.3) is 11.5 Å². The number of aromatic nitrogens is 2. The molecule has 0 radical (unpaired) electrons. The molecule has 2 aromatic carbocycles. The summed E-state index contributed by atoms with van der Waals surface area (Å²) in [5.41, 5.74) is 11.0. The normalized spacial score (nSPS) is 12.8. The van der Waals surface area contributed by atoms with Crippen molar-refractivity contribution in [1.82, 2.24) is 31.3 Å². The molecule has 5 N–H and O–H groups in total. The molecule has 11 heteroatoms. The van der Waals surface area contributed by atoms with Crippen molar-refractivity contribution in [2.75, 3.05) is 11.9 Å². The van der Waals surface area contributed by atoms with Gasteiger partial charge in [-0.25, -0.2) is 4.98 Å². The first-order chi connectivity index (χ1) is 17.6. The number of hydrazine groups is 2. The lowest BCUT2D eigenvalue weighted by Gasteiger charge is -2.19. The monoisotopic (exact) mass is 521 g/mol. The number of nitrogens with one attached hydrogen (secondary N) is 5. The van der Waals surface area contributed by atoms with Crippen molar-refractivity contribution >= 4 is 29.1 Å². The average Bonchev–Trinajstić information content (AvgIpc) is 3.37. The van der Waals surface area contributed by atoms with E-state index >= 15 is 0 Å². The van der Waals surface area contributed by atoms with Crippen LogP contribution in [0.25, 0.3) is 11.3 Å². The molecule has 1 aromatic heterocycles. The van der Waals surface area contributed by atoms with Gasteiger partial charge in [-0.3, -0.25) is 19.0 Å². The highest BCUT2D eigenvalue weighted by molar-refractivity contribution is 6.31. The molecular weight excluding hydrogens is 494 g/mol. The third-order valence-corrected chi connectivity index (χ3v) is 5.82. The highest BCUT2D eigenvalue weighted by atomic mass is 35.5. The Bertz CT molecular complexity index is 1430. The second-order valence-electron chi connectivity index (χ2n) is 9.58. The number of benzene rings is 2. The number of rotatable bonds is 7. The van der Waals surface area contributed by atoms with Crippen LogP contribution in [0.5, 0.6) is 0 Å². The Kier molecular flexibility index (Phi) is 7.61. The van der Waals surface area contributed by atoms with Gasteiger partial charge in [-0.1, -0.05) is 44.5 Å². The summed E-state index contributed by atoms with van der Waals surface area (Å²) in [6.07, 6.45) is 3.16. The number of halogens is 1. The molecule has 0 bridgehead atoms. The molecule has 1 aliphatic rings. The van der Waals surface area contributed by atoms with Crippen molar-refractivity contribution in [3.05, 3.63) is 93.3 Å². The van der Waals surface area contributed by atoms with E-state index in [-0.39, 0.29) is 23.9 Å². The second-order valence-corrected chi connectivity index (χ2v) is 10.0. The standard InChI is InChI=1S/C26H28ClN7O3/c1-26(2,3)25(37)31-22-10-18(27)7-8-20(22)21-11-23(35)34(15-29-21)14-16-5-4-6-17(9-16)24(36)28-12-19-13-30-33-32-19/h4-11,13,15,30,32-33H,12,14H2,1-3H3,(H,28,36)(H,31,37). The summed E-state index contributed by atoms with van der Waals surface area (Å²) >= 11 is 6.16. The van der Waals surface area contributed by atoms with Crippen LogP contribution in [0.4, 0.5) is 5.69 Å². The number of anilines is 1. The van der Waals surface area contributed by atoms with E-state index in [0.29, 0.717) is 34.1 Å². The van der Waals surface area contributed by atoms with Gasteiger partial charge in [-0.2, -0.15) is 5.53 Å². The number of nitrogens with zero attached hydrogens (tertiary/aromatic N) is 2. The van der Waals surface area contributed by atoms with Crippen molar-refractivity contribution < 1.29 is 9.59 Å². The number of hydrogen-bond donors (Lipinski definition) is 5. The molecule has 2 amide bonds. The lowest BCUT2D eigenvalue weighted by molar-refractivity contribution is -0.123. The zero-order valence-corrected chi connectivity index (χ0v) is 21.4. The third-order valence-electron chi connectivity index (χ3n) is 5.59. The maximum Gasteiger partial charge on any atom is 0.254 e. The Balaban J connectivity index is 1.51. The predicted octanol–water partition coefficient (Wildman–Crippen LogP) is 2.78. The Morgan fingerprint density at radius 3 is 2.62 bits per heavy atom. The third kappa shape index (κ3) is 6.54. The Hall–Kier alpha value is -4.15. The first-order valence-electron chi connectivity index (χ1n) is 11.6. The molecule has 10 nitrogen and oxygen atoms in total. The summed E-state index contributed by atoms with van der Waals surface area (Å²) in [5.74, 6) is -0.414. The van der Waals surface area contributed by atoms with E-state index in [4.69, 9.17) is 11.6 Å². The molecule has 4 rings (SSSR count). The lowest BCUT2D eigenvalue weighted by Crippen LogP contribution is -2.35. The molecule has 0 aliphatic carbocycles. The van der Waals surface area contributed by atoms with E-state index < -0.39 is 5.41 Å². The smallest absolute Gasteiger partial charge is 0.254 e. The molecule has 3 aromatic rings. The van der Waals surface area contributed by atoms with Crippen LogP contribution in [-0.4, -0.2) is 27.9 Å². The van der Waals surface area contributed by atoms with E-state index in [9.17, 15) is 14.4 Å². The summed E-state index contributed by atoms with van der Waals surface area (Å²) in [7, 11) is 0. The zero-order chi connectivity index (χ0) is 26.6.